The summed E-state index contributed by atoms with van der Waals surface area (Å²) in [5, 5.41) is 11.4. The van der Waals surface area contributed by atoms with Gasteiger partial charge in [-0.1, -0.05) is 0 Å². The van der Waals surface area contributed by atoms with Gasteiger partial charge in [0.15, 0.2) is 0 Å². The standard InChI is InChI=1S/C15H12BrFN2O5/c1-23-8-2-7(3-8)15(20)24-14-9-4-10(16)11(17)5-12(9)18-6-13(14)19(21)22/h4-8H,2-3H2,1H3. The monoisotopic (exact) mass is 398 g/mol. The summed E-state index contributed by atoms with van der Waals surface area (Å²) in [6.07, 6.45) is 1.96. The lowest BCUT2D eigenvalue weighted by molar-refractivity contribution is -0.385. The Labute approximate surface area is 144 Å². The Morgan fingerprint density at radius 1 is 1.46 bits per heavy atom. The minimum atomic E-state index is -0.689. The number of hydrogen-bond acceptors (Lipinski definition) is 6. The maximum absolute atomic E-state index is 13.6. The average Bonchev–Trinajstić information content (AvgIpc) is 2.48. The van der Waals surface area contributed by atoms with Gasteiger partial charge in [-0.2, -0.15) is 0 Å². The van der Waals surface area contributed by atoms with Gasteiger partial charge in [-0.15, -0.1) is 0 Å². The van der Waals surface area contributed by atoms with Crippen molar-refractivity contribution < 1.29 is 23.6 Å². The van der Waals surface area contributed by atoms with Gasteiger partial charge in [-0.3, -0.25) is 14.9 Å². The van der Waals surface area contributed by atoms with E-state index in [2.05, 4.69) is 20.9 Å². The molecule has 7 nitrogen and oxygen atoms in total. The molecule has 2 aromatic rings. The quantitative estimate of drug-likeness (QED) is 0.445. The van der Waals surface area contributed by atoms with Gasteiger partial charge >= 0.3 is 11.7 Å². The van der Waals surface area contributed by atoms with Gasteiger partial charge in [0.25, 0.3) is 0 Å². The number of benzene rings is 1. The summed E-state index contributed by atoms with van der Waals surface area (Å²) in [6.45, 7) is 0. The van der Waals surface area contributed by atoms with Crippen molar-refractivity contribution in [2.45, 2.75) is 18.9 Å². The molecule has 0 radical (unpaired) electrons. The molecule has 0 bridgehead atoms. The molecule has 126 valence electrons. The van der Waals surface area contributed by atoms with E-state index in [0.29, 0.717) is 12.8 Å². The van der Waals surface area contributed by atoms with E-state index < -0.39 is 22.4 Å². The molecule has 1 aliphatic carbocycles. The molecule has 9 heteroatoms. The van der Waals surface area contributed by atoms with Gasteiger partial charge < -0.3 is 9.47 Å². The Morgan fingerprint density at radius 3 is 2.79 bits per heavy atom. The van der Waals surface area contributed by atoms with E-state index in [0.717, 1.165) is 12.3 Å². The summed E-state index contributed by atoms with van der Waals surface area (Å²) in [6, 6.07) is 2.43. The minimum absolute atomic E-state index is 0.00467. The van der Waals surface area contributed by atoms with Crippen molar-refractivity contribution in [3.8, 4) is 5.75 Å². The van der Waals surface area contributed by atoms with Crippen molar-refractivity contribution in [3.05, 3.63) is 38.7 Å². The first kappa shape index (κ1) is 16.7. The number of carbonyl (C=O) groups is 1. The third kappa shape index (κ3) is 2.96. The molecule has 1 fully saturated rings. The first-order valence-electron chi connectivity index (χ1n) is 7.07. The second-order valence-corrected chi connectivity index (χ2v) is 6.31. The molecule has 1 aromatic carbocycles. The van der Waals surface area contributed by atoms with Crippen LogP contribution in [0.15, 0.2) is 22.8 Å². The molecular weight excluding hydrogens is 387 g/mol. The molecule has 0 atom stereocenters. The van der Waals surface area contributed by atoms with E-state index in [1.807, 2.05) is 0 Å². The van der Waals surface area contributed by atoms with Gasteiger partial charge in [0.05, 0.1) is 32.3 Å². The molecule has 3 rings (SSSR count). The topological polar surface area (TPSA) is 91.6 Å². The van der Waals surface area contributed by atoms with E-state index in [1.165, 1.54) is 6.07 Å². The molecule has 0 unspecified atom stereocenters. The number of carbonyl (C=O) groups excluding carboxylic acids is 1. The van der Waals surface area contributed by atoms with Crippen LogP contribution in [0.3, 0.4) is 0 Å². The highest BCUT2D eigenvalue weighted by Crippen LogP contribution is 2.38. The average molecular weight is 399 g/mol. The molecular formula is C15H12BrFN2O5. The summed E-state index contributed by atoms with van der Waals surface area (Å²) in [7, 11) is 1.56. The van der Waals surface area contributed by atoms with Gasteiger partial charge in [-0.25, -0.2) is 9.37 Å². The number of pyridine rings is 1. The molecule has 1 saturated carbocycles. The first-order chi connectivity index (χ1) is 11.4. The lowest BCUT2D eigenvalue weighted by atomic mass is 9.82. The van der Waals surface area contributed by atoms with Gasteiger partial charge in [0.1, 0.15) is 12.0 Å². The Balaban J connectivity index is 2.00. The van der Waals surface area contributed by atoms with Crippen molar-refractivity contribution in [3.63, 3.8) is 0 Å². The van der Waals surface area contributed by atoms with Crippen LogP contribution in [0.4, 0.5) is 10.1 Å². The Bertz CT molecular complexity index is 838. The maximum atomic E-state index is 13.6. The summed E-state index contributed by atoms with van der Waals surface area (Å²) in [5.41, 5.74) is -0.288. The van der Waals surface area contributed by atoms with Crippen LogP contribution >= 0.6 is 15.9 Å². The zero-order valence-electron chi connectivity index (χ0n) is 12.5. The molecule has 0 aliphatic heterocycles. The predicted molar refractivity (Wildman–Crippen MR) is 85.2 cm³/mol. The van der Waals surface area contributed by atoms with Crippen LogP contribution in [0.1, 0.15) is 12.8 Å². The van der Waals surface area contributed by atoms with Crippen LogP contribution < -0.4 is 4.74 Å². The fourth-order valence-electron chi connectivity index (χ4n) is 2.52. The zero-order valence-corrected chi connectivity index (χ0v) is 14.1. The van der Waals surface area contributed by atoms with Crippen molar-refractivity contribution in [1.29, 1.82) is 0 Å². The van der Waals surface area contributed by atoms with Crippen molar-refractivity contribution >= 4 is 38.5 Å². The lowest BCUT2D eigenvalue weighted by Crippen LogP contribution is -2.37. The van der Waals surface area contributed by atoms with E-state index in [9.17, 15) is 19.3 Å². The van der Waals surface area contributed by atoms with Gasteiger partial charge in [0, 0.05) is 13.2 Å². The summed E-state index contributed by atoms with van der Waals surface area (Å²) >= 11 is 3.02. The van der Waals surface area contributed by atoms with Crippen LogP contribution in [-0.2, 0) is 9.53 Å². The second kappa shape index (κ2) is 6.40. The van der Waals surface area contributed by atoms with Gasteiger partial charge in [-0.05, 0) is 34.8 Å². The Morgan fingerprint density at radius 2 is 2.17 bits per heavy atom. The minimum Gasteiger partial charge on any atom is -0.418 e. The molecule has 0 N–H and O–H groups in total. The largest absolute Gasteiger partial charge is 0.418 e. The first-order valence-corrected chi connectivity index (χ1v) is 7.86. The molecule has 24 heavy (non-hydrogen) atoms. The van der Waals surface area contributed by atoms with Crippen molar-refractivity contribution in [1.82, 2.24) is 4.98 Å². The number of nitro groups is 1. The van der Waals surface area contributed by atoms with E-state index >= 15 is 0 Å². The van der Waals surface area contributed by atoms with Crippen LogP contribution in [0, 0.1) is 21.8 Å². The lowest BCUT2D eigenvalue weighted by Gasteiger charge is -2.31. The molecule has 0 saturated heterocycles. The fraction of sp³-hybridized carbons (Fsp3) is 0.333. The second-order valence-electron chi connectivity index (χ2n) is 5.46. The van der Waals surface area contributed by atoms with Crippen molar-refractivity contribution in [2.24, 2.45) is 5.92 Å². The zero-order chi connectivity index (χ0) is 17.4. The van der Waals surface area contributed by atoms with E-state index in [-0.39, 0.29) is 33.1 Å². The van der Waals surface area contributed by atoms with Crippen molar-refractivity contribution in [2.75, 3.05) is 7.11 Å². The maximum Gasteiger partial charge on any atom is 0.330 e. The fourth-order valence-corrected chi connectivity index (χ4v) is 2.87. The molecule has 0 amide bonds. The number of aromatic nitrogens is 1. The Hall–Kier alpha value is -2.13. The Kier molecular flexibility index (Phi) is 4.46. The molecule has 0 spiro atoms. The smallest absolute Gasteiger partial charge is 0.330 e. The molecule has 1 aromatic heterocycles. The van der Waals surface area contributed by atoms with Crippen LogP contribution in [0.2, 0.25) is 0 Å². The number of rotatable bonds is 4. The van der Waals surface area contributed by atoms with Crippen LogP contribution in [0.5, 0.6) is 5.75 Å². The predicted octanol–water partition coefficient (Wildman–Crippen LogP) is 3.38. The number of fused-ring (bicyclic) bond motifs is 1. The third-order valence-electron chi connectivity index (χ3n) is 4.00. The van der Waals surface area contributed by atoms with Crippen LogP contribution in [-0.4, -0.2) is 29.1 Å². The summed E-state index contributed by atoms with van der Waals surface area (Å²) < 4.78 is 24.1. The number of nitrogens with zero attached hydrogens (tertiary/aromatic N) is 2. The highest BCUT2D eigenvalue weighted by atomic mass is 79.9. The highest BCUT2D eigenvalue weighted by molar-refractivity contribution is 9.10. The molecule has 1 aliphatic rings. The normalized spacial score (nSPS) is 19.8. The molecule has 1 heterocycles. The number of hydrogen-bond donors (Lipinski definition) is 0. The number of halogens is 2. The number of methoxy groups -OCH3 is 1. The van der Waals surface area contributed by atoms with Crippen LogP contribution in [0.25, 0.3) is 10.9 Å². The SMILES string of the molecule is COC1CC(C(=O)Oc2c([N+](=O)[O-])cnc3cc(F)c(Br)cc23)C1. The van der Waals surface area contributed by atoms with E-state index in [4.69, 9.17) is 9.47 Å². The van der Waals surface area contributed by atoms with E-state index in [1.54, 1.807) is 7.11 Å². The van der Waals surface area contributed by atoms with Gasteiger partial charge in [0.2, 0.25) is 5.75 Å². The number of esters is 1. The highest BCUT2D eigenvalue weighted by Gasteiger charge is 2.37. The number of ether oxygens (including phenoxy) is 2. The summed E-state index contributed by atoms with van der Waals surface area (Å²) in [4.78, 5) is 26.6. The summed E-state index contributed by atoms with van der Waals surface area (Å²) in [5.74, 6) is -1.74. The third-order valence-corrected chi connectivity index (χ3v) is 4.61.